The van der Waals surface area contributed by atoms with Gasteiger partial charge in [0.25, 0.3) is 0 Å². The molecule has 0 bridgehead atoms. The molecule has 12 heteroatoms. The van der Waals surface area contributed by atoms with Gasteiger partial charge in [0.15, 0.2) is 0 Å². The smallest absolute Gasteiger partial charge is 0.353 e. The highest BCUT2D eigenvalue weighted by Gasteiger charge is 2.69. The van der Waals surface area contributed by atoms with Gasteiger partial charge in [-0.15, -0.1) is 0 Å². The van der Waals surface area contributed by atoms with E-state index in [2.05, 4.69) is 21.3 Å². The summed E-state index contributed by atoms with van der Waals surface area (Å²) in [5.74, 6) is -0.133. The number of rotatable bonds is 4. The molecular weight excluding hydrogens is 497 g/mol. The van der Waals surface area contributed by atoms with Crippen molar-refractivity contribution in [2.24, 2.45) is 12.5 Å². The third-order valence-electron chi connectivity index (χ3n) is 7.42. The quantitative estimate of drug-likeness (QED) is 0.408. The second-order valence-corrected chi connectivity index (χ2v) is 9.77. The predicted octanol–water partition coefficient (Wildman–Crippen LogP) is 3.66. The lowest BCUT2D eigenvalue weighted by Crippen LogP contribution is -2.53. The van der Waals surface area contributed by atoms with Crippen LogP contribution in [0.5, 0.6) is 0 Å². The first kappa shape index (κ1) is 24.0. The summed E-state index contributed by atoms with van der Waals surface area (Å²) < 4.78 is 43.5. The number of nitriles is 1. The minimum atomic E-state index is -4.50. The number of carbonyl (C=O) groups is 1. The van der Waals surface area contributed by atoms with Crippen LogP contribution in [0.2, 0.25) is 0 Å². The molecule has 1 aliphatic carbocycles. The van der Waals surface area contributed by atoms with E-state index in [1.807, 2.05) is 42.5 Å². The average molecular weight is 521 g/mol. The molecule has 1 amide bonds. The van der Waals surface area contributed by atoms with Crippen LogP contribution in [0.3, 0.4) is 0 Å². The minimum Gasteiger partial charge on any atom is -0.353 e. The third-order valence-corrected chi connectivity index (χ3v) is 7.42. The fraction of sp³-hybridized carbons (Fsp3) is 0.346. The van der Waals surface area contributed by atoms with Gasteiger partial charge in [-0.25, -0.2) is 9.50 Å². The number of aryl methyl sites for hydroxylation is 1. The Kier molecular flexibility index (Phi) is 5.41. The molecule has 0 unspecified atom stereocenters. The van der Waals surface area contributed by atoms with Gasteiger partial charge >= 0.3 is 6.18 Å². The van der Waals surface area contributed by atoms with Gasteiger partial charge in [-0.3, -0.25) is 9.48 Å². The molecule has 0 spiro atoms. The van der Waals surface area contributed by atoms with Crippen molar-refractivity contribution in [3.8, 4) is 28.3 Å². The highest BCUT2D eigenvalue weighted by molar-refractivity contribution is 5.88. The molecule has 9 nitrogen and oxygen atoms in total. The zero-order valence-electron chi connectivity index (χ0n) is 20.5. The molecule has 1 aliphatic heterocycles. The van der Waals surface area contributed by atoms with Crippen LogP contribution in [-0.4, -0.2) is 67.5 Å². The number of hydrogen-bond acceptors (Lipinski definition) is 6. The van der Waals surface area contributed by atoms with Crippen molar-refractivity contribution >= 4 is 17.2 Å². The minimum absolute atomic E-state index is 0.126. The average Bonchev–Trinajstić information content (AvgIpc) is 3.48. The molecule has 1 saturated heterocycles. The molecule has 1 saturated carbocycles. The number of nitrogens with zero attached hydrogens (tertiary/aromatic N) is 8. The first-order valence-corrected chi connectivity index (χ1v) is 12.2. The van der Waals surface area contributed by atoms with Crippen molar-refractivity contribution in [2.75, 3.05) is 31.1 Å². The van der Waals surface area contributed by atoms with Gasteiger partial charge in [-0.1, -0.05) is 0 Å². The molecule has 0 aromatic carbocycles. The molecular formula is C26H23F3N8O. The fourth-order valence-corrected chi connectivity index (χ4v) is 5.07. The van der Waals surface area contributed by atoms with Crippen molar-refractivity contribution in [2.45, 2.75) is 19.0 Å². The number of halogens is 3. The van der Waals surface area contributed by atoms with Crippen LogP contribution in [0.15, 0.2) is 49.2 Å². The fourth-order valence-electron chi connectivity index (χ4n) is 5.07. The van der Waals surface area contributed by atoms with E-state index in [0.29, 0.717) is 30.0 Å². The second-order valence-electron chi connectivity index (χ2n) is 9.77. The molecule has 6 rings (SSSR count). The lowest BCUT2D eigenvalue weighted by atomic mass is 10.0. The van der Waals surface area contributed by atoms with E-state index < -0.39 is 17.5 Å². The third kappa shape index (κ3) is 3.86. The van der Waals surface area contributed by atoms with E-state index in [-0.39, 0.29) is 25.9 Å². The molecule has 5 heterocycles. The Labute approximate surface area is 215 Å². The molecule has 2 fully saturated rings. The standard InChI is InChI=1S/C26H23F3N8O/c1-34-15-20(14-32-34)18-10-21(23-19(11-30)13-33-37(23)16-18)17-2-3-22(31-12-17)35-6-8-36(9-7-35)24(38)25(4-5-25)26(27,28)29/h2-3,10,12-16H,4-9H2,1H3. The number of anilines is 1. The highest BCUT2D eigenvalue weighted by Crippen LogP contribution is 2.58. The molecule has 38 heavy (non-hydrogen) atoms. The molecule has 0 N–H and O–H groups in total. The maximum Gasteiger partial charge on any atom is 0.403 e. The number of piperazine rings is 1. The van der Waals surface area contributed by atoms with Crippen LogP contribution in [0, 0.1) is 16.7 Å². The van der Waals surface area contributed by atoms with Crippen LogP contribution in [-0.2, 0) is 11.8 Å². The van der Waals surface area contributed by atoms with E-state index in [0.717, 1.165) is 22.3 Å². The topological polar surface area (TPSA) is 95.3 Å². The molecule has 2 aliphatic rings. The Morgan fingerprint density at radius 1 is 1.00 bits per heavy atom. The monoisotopic (exact) mass is 520 g/mol. The predicted molar refractivity (Wildman–Crippen MR) is 132 cm³/mol. The van der Waals surface area contributed by atoms with Crippen molar-refractivity contribution < 1.29 is 18.0 Å². The molecule has 4 aromatic heterocycles. The molecule has 0 atom stereocenters. The van der Waals surface area contributed by atoms with Gasteiger partial charge in [0, 0.05) is 74.1 Å². The lowest BCUT2D eigenvalue weighted by Gasteiger charge is -2.37. The van der Waals surface area contributed by atoms with Crippen LogP contribution in [0.1, 0.15) is 18.4 Å². The summed E-state index contributed by atoms with van der Waals surface area (Å²) >= 11 is 0. The first-order valence-electron chi connectivity index (χ1n) is 12.2. The zero-order chi connectivity index (χ0) is 26.7. The number of hydrogen-bond donors (Lipinski definition) is 0. The van der Waals surface area contributed by atoms with E-state index in [1.54, 1.807) is 21.6 Å². The van der Waals surface area contributed by atoms with Gasteiger partial charge in [-0.05, 0) is 31.0 Å². The Bertz CT molecular complexity index is 1570. The Morgan fingerprint density at radius 2 is 1.76 bits per heavy atom. The Morgan fingerprint density at radius 3 is 2.34 bits per heavy atom. The van der Waals surface area contributed by atoms with Gasteiger partial charge in [0.1, 0.15) is 17.3 Å². The summed E-state index contributed by atoms with van der Waals surface area (Å²) in [6.45, 7) is 1.23. The number of carbonyl (C=O) groups excluding carboxylic acids is 1. The second kappa shape index (κ2) is 8.58. The molecule has 0 radical (unpaired) electrons. The maximum atomic E-state index is 13.4. The Hall–Kier alpha value is -4.40. The lowest BCUT2D eigenvalue weighted by molar-refractivity contribution is -0.198. The summed E-state index contributed by atoms with van der Waals surface area (Å²) in [7, 11) is 1.84. The van der Waals surface area contributed by atoms with Crippen LogP contribution in [0.4, 0.5) is 19.0 Å². The molecule has 194 valence electrons. The summed E-state index contributed by atoms with van der Waals surface area (Å²) in [6.07, 6.45) is 3.99. The maximum absolute atomic E-state index is 13.4. The van der Waals surface area contributed by atoms with Crippen molar-refractivity contribution in [1.29, 1.82) is 5.26 Å². The zero-order valence-corrected chi connectivity index (χ0v) is 20.5. The van der Waals surface area contributed by atoms with E-state index in [9.17, 15) is 23.2 Å². The summed E-state index contributed by atoms with van der Waals surface area (Å²) in [4.78, 5) is 20.5. The Balaban J connectivity index is 1.24. The van der Waals surface area contributed by atoms with Crippen LogP contribution >= 0.6 is 0 Å². The number of alkyl halides is 3. The number of amides is 1. The highest BCUT2D eigenvalue weighted by atomic mass is 19.4. The largest absolute Gasteiger partial charge is 0.403 e. The first-order chi connectivity index (χ1) is 18.2. The number of aromatic nitrogens is 5. The van der Waals surface area contributed by atoms with Gasteiger partial charge < -0.3 is 9.80 Å². The van der Waals surface area contributed by atoms with Crippen LogP contribution in [0.25, 0.3) is 27.8 Å². The van der Waals surface area contributed by atoms with E-state index in [1.165, 1.54) is 11.1 Å². The SMILES string of the molecule is Cn1cc(-c2cc(-c3ccc(N4CCN(C(=O)C5(C(F)(F)F)CC5)CC4)nc3)c3c(C#N)cnn3c2)cn1. The summed E-state index contributed by atoms with van der Waals surface area (Å²) in [5.41, 5.74) is 2.29. The summed E-state index contributed by atoms with van der Waals surface area (Å²) in [5, 5.41) is 18.2. The van der Waals surface area contributed by atoms with Gasteiger partial charge in [0.05, 0.1) is 23.5 Å². The normalized spacial score (nSPS) is 17.0. The van der Waals surface area contributed by atoms with Crippen LogP contribution < -0.4 is 4.90 Å². The van der Waals surface area contributed by atoms with Crippen molar-refractivity contribution in [1.82, 2.24) is 29.3 Å². The number of fused-ring (bicyclic) bond motifs is 1. The van der Waals surface area contributed by atoms with Crippen molar-refractivity contribution in [3.63, 3.8) is 0 Å². The van der Waals surface area contributed by atoms with E-state index in [4.69, 9.17) is 0 Å². The van der Waals surface area contributed by atoms with Gasteiger partial charge in [-0.2, -0.15) is 28.6 Å². The number of pyridine rings is 2. The van der Waals surface area contributed by atoms with Gasteiger partial charge in [0.2, 0.25) is 5.91 Å². The van der Waals surface area contributed by atoms with Crippen molar-refractivity contribution in [3.05, 3.63) is 54.7 Å². The molecule has 4 aromatic rings. The summed E-state index contributed by atoms with van der Waals surface area (Å²) in [6, 6.07) is 7.92. The van der Waals surface area contributed by atoms with E-state index >= 15 is 0 Å².